The molecular formula is C71H109N15O22S4. The van der Waals surface area contributed by atoms with E-state index < -0.39 is 207 Å². The van der Waals surface area contributed by atoms with Gasteiger partial charge in [0.15, 0.2) is 0 Å². The van der Waals surface area contributed by atoms with Gasteiger partial charge >= 0.3 is 0 Å². The van der Waals surface area contributed by atoms with Crippen LogP contribution in [0, 0.1) is 11.8 Å². The number of aliphatic hydroxyl groups excluding tert-OH is 1. The average Bonchev–Trinajstić information content (AvgIpc) is 0.818. The number of methoxy groups -OCH3 is 4. The summed E-state index contributed by atoms with van der Waals surface area (Å²) in [6.07, 6.45) is 0.365. The van der Waals surface area contributed by atoms with Crippen LogP contribution in [0.1, 0.15) is 88.0 Å². The molecule has 15 N–H and O–H groups in total. The predicted octanol–water partition coefficient (Wildman–Crippen LogP) is -1.60. The fourth-order valence-corrected chi connectivity index (χ4v) is 17.2. The number of rotatable bonds is 49. The predicted molar refractivity (Wildman–Crippen MR) is 412 cm³/mol. The molecular weight excluding hydrogens is 1540 g/mol. The topological polar surface area (TPSA) is 535 Å². The van der Waals surface area contributed by atoms with Gasteiger partial charge in [-0.1, -0.05) is 52.0 Å². The summed E-state index contributed by atoms with van der Waals surface area (Å²) in [4.78, 5) is 122. The van der Waals surface area contributed by atoms with Crippen LogP contribution >= 0.6 is 0 Å². The molecule has 0 saturated heterocycles. The number of primary amides is 1. The molecule has 0 fully saturated rings. The molecule has 0 saturated carbocycles. The minimum absolute atomic E-state index is 0.0460. The van der Waals surface area contributed by atoms with Crippen LogP contribution in [0.15, 0.2) is 117 Å². The molecule has 4 rings (SSSR count). The number of hydrogen-bond donors (Lipinski definition) is 12. The molecule has 0 radical (unpaired) electrons. The third-order valence-electron chi connectivity index (χ3n) is 17.1. The van der Waals surface area contributed by atoms with E-state index in [1.54, 1.807) is 27.7 Å². The number of aliphatic hydroxyl groups is 1. The number of nitrogens with two attached hydrogens (primary N) is 3. The molecule has 0 bridgehead atoms. The molecule has 0 aromatic heterocycles. The maximum absolute atomic E-state index is 14.8. The van der Waals surface area contributed by atoms with Crippen LogP contribution in [0.5, 0.6) is 23.0 Å². The molecule has 9 atom stereocenters. The van der Waals surface area contributed by atoms with Gasteiger partial charge in [-0.2, -0.15) is 17.2 Å². The monoisotopic (exact) mass is 1650 g/mol. The Balaban J connectivity index is 1.62. The molecule has 112 heavy (non-hydrogen) atoms. The molecule has 41 heteroatoms. The van der Waals surface area contributed by atoms with E-state index in [1.807, 2.05) is 0 Å². The van der Waals surface area contributed by atoms with Crippen LogP contribution in [-0.2, 0) is 83.2 Å². The van der Waals surface area contributed by atoms with Crippen molar-refractivity contribution >= 4 is 93.3 Å². The largest absolute Gasteiger partial charge is 0.497 e. The number of ether oxygens (including phenoxy) is 4. The molecule has 0 unspecified atom stereocenters. The molecule has 37 nitrogen and oxygen atoms in total. The molecule has 4 aromatic rings. The van der Waals surface area contributed by atoms with E-state index in [-0.39, 0.29) is 80.2 Å². The highest BCUT2D eigenvalue weighted by Gasteiger charge is 2.38. The number of nitrogens with one attached hydrogen (secondary N) is 8. The second kappa shape index (κ2) is 44.3. The minimum atomic E-state index is -4.77. The van der Waals surface area contributed by atoms with E-state index in [9.17, 15) is 81.9 Å². The summed E-state index contributed by atoms with van der Waals surface area (Å²) in [5.41, 5.74) is 17.2. The smallest absolute Gasteiger partial charge is 0.245 e. The van der Waals surface area contributed by atoms with Crippen molar-refractivity contribution in [3.8, 4) is 23.0 Å². The van der Waals surface area contributed by atoms with Gasteiger partial charge in [-0.25, -0.2) is 33.7 Å². The van der Waals surface area contributed by atoms with Crippen LogP contribution in [0.4, 0.5) is 0 Å². The van der Waals surface area contributed by atoms with Gasteiger partial charge in [0.1, 0.15) is 47.2 Å². The Morgan fingerprint density at radius 1 is 0.411 bits per heavy atom. The molecule has 0 aliphatic heterocycles. The fourth-order valence-electron chi connectivity index (χ4n) is 11.1. The zero-order valence-corrected chi connectivity index (χ0v) is 68.4. The second-order valence-electron chi connectivity index (χ2n) is 27.5. The first kappa shape index (κ1) is 95.2. The van der Waals surface area contributed by atoms with Gasteiger partial charge in [-0.15, -0.1) is 0 Å². The van der Waals surface area contributed by atoms with E-state index in [1.165, 1.54) is 154 Å². The summed E-state index contributed by atoms with van der Waals surface area (Å²) in [7, 11) is -13.4. The van der Waals surface area contributed by atoms with Gasteiger partial charge in [0, 0.05) is 74.6 Å². The highest BCUT2D eigenvalue weighted by molar-refractivity contribution is 7.90. The maximum atomic E-state index is 14.8. The van der Waals surface area contributed by atoms with Crippen molar-refractivity contribution in [3.63, 3.8) is 0 Å². The quantitative estimate of drug-likeness (QED) is 0.0222. The minimum Gasteiger partial charge on any atom is -0.497 e. The molecule has 0 spiro atoms. The van der Waals surface area contributed by atoms with Crippen molar-refractivity contribution in [2.24, 2.45) is 29.0 Å². The Labute approximate surface area is 655 Å². The Morgan fingerprint density at radius 3 is 0.982 bits per heavy atom. The van der Waals surface area contributed by atoms with Gasteiger partial charge in [-0.3, -0.25) is 43.2 Å². The number of nitrogens with zero attached hydrogens (tertiary/aromatic N) is 4. The first-order valence-electron chi connectivity index (χ1n) is 35.8. The summed E-state index contributed by atoms with van der Waals surface area (Å²) in [6, 6.07) is 9.77. The van der Waals surface area contributed by atoms with Crippen molar-refractivity contribution in [1.29, 1.82) is 0 Å². The Hall–Kier alpha value is -9.17. The molecule has 4 aromatic carbocycles. The summed E-state index contributed by atoms with van der Waals surface area (Å²) in [5, 5.41) is 30.8. The van der Waals surface area contributed by atoms with E-state index in [0.717, 1.165) is 19.0 Å². The number of sulfonamides is 4. The number of benzene rings is 4. The van der Waals surface area contributed by atoms with Gasteiger partial charge < -0.3 is 83.8 Å². The molecule has 0 heterocycles. The summed E-state index contributed by atoms with van der Waals surface area (Å²) >= 11 is 0. The van der Waals surface area contributed by atoms with Crippen LogP contribution in [0.25, 0.3) is 0 Å². The zero-order chi connectivity index (χ0) is 84.2. The van der Waals surface area contributed by atoms with Gasteiger partial charge in [0.2, 0.25) is 93.3 Å². The Morgan fingerprint density at radius 2 is 0.696 bits per heavy atom. The first-order valence-corrected chi connectivity index (χ1v) is 41.6. The second-order valence-corrected chi connectivity index (χ2v) is 35.2. The van der Waals surface area contributed by atoms with Crippen molar-refractivity contribution < 1.29 is 101 Å². The van der Waals surface area contributed by atoms with Crippen molar-refractivity contribution in [3.05, 3.63) is 97.1 Å². The maximum Gasteiger partial charge on any atom is 0.245 e. The lowest BCUT2D eigenvalue weighted by atomic mass is 10.0. The van der Waals surface area contributed by atoms with Gasteiger partial charge in [0.25, 0.3) is 0 Å². The fraction of sp³-hybridized carbons (Fsp3) is 0.535. The van der Waals surface area contributed by atoms with Crippen LogP contribution < -0.4 is 78.7 Å². The number of carbonyl (C=O) groups is 9. The van der Waals surface area contributed by atoms with Crippen molar-refractivity contribution in [1.82, 2.24) is 59.8 Å². The number of amides is 9. The molecule has 624 valence electrons. The molecule has 9 amide bonds. The first-order chi connectivity index (χ1) is 52.5. The number of unbranched alkanes of at least 4 members (excludes halogenated alkanes) is 1. The summed E-state index contributed by atoms with van der Waals surface area (Å²) in [5.74, 6) is -8.51. The van der Waals surface area contributed by atoms with E-state index in [0.29, 0.717) is 10.7 Å². The molecule has 0 aliphatic rings. The van der Waals surface area contributed by atoms with Crippen LogP contribution in [0.2, 0.25) is 0 Å². The number of hydrogen-bond acceptors (Lipinski definition) is 24. The van der Waals surface area contributed by atoms with E-state index >= 15 is 0 Å². The van der Waals surface area contributed by atoms with Crippen LogP contribution in [0.3, 0.4) is 0 Å². The zero-order valence-electron chi connectivity index (χ0n) is 65.2. The lowest BCUT2D eigenvalue weighted by molar-refractivity contribution is -0.130. The summed E-state index contributed by atoms with van der Waals surface area (Å²) in [6.45, 7) is 6.68. The van der Waals surface area contributed by atoms with E-state index in [4.69, 9.17) is 36.1 Å². The average molecular weight is 1650 g/mol. The van der Waals surface area contributed by atoms with Crippen LogP contribution in [-0.4, -0.2) is 257 Å². The third kappa shape index (κ3) is 29.1. The third-order valence-corrected chi connectivity index (χ3v) is 24.3. The van der Waals surface area contributed by atoms with Gasteiger partial charge in [-0.05, 0) is 127 Å². The van der Waals surface area contributed by atoms with E-state index in [2.05, 4.69) is 42.5 Å². The standard InChI is InChI=1S/C71H109N15O22S4/c1-44(2)30-60(69(94)76-47(6)36-83(39-62(88)79-50(9)67(74)92)109(97,98)55-24-16-20-51(31-55)105-10)81-64(90)41-85(111(101,102)57-26-18-22-53(33-57)107-12)35-46(5)75-68(93)59(28-14-15-29-72)80-63(89)40-84(110(99,100)56-25-17-21-52(32-56)106-11)37-48(7)77-70(95)61(43-87)82-65(91)42-86(38-49(8)78-71(96)66(73)45(3)4)112(103,104)58-27-19-23-54(34-58)108-13/h16-27,31-34,44-50,59-61,66,87H,14-15,28-30,35-43,72-73H2,1-13H3,(H2,74,92)(H,75,93)(H,76,94)(H,77,95)(H,78,96)(H,79,88)(H,80,89)(H,81,90)(H,82,91)/t46-,47-,48-,49-,50-,59-,60-,61-,66-/m0/s1. The Kier molecular flexibility index (Phi) is 37.7. The van der Waals surface area contributed by atoms with Crippen molar-refractivity contribution in [2.45, 2.75) is 162 Å². The Bertz CT molecular complexity index is 4350. The lowest BCUT2D eigenvalue weighted by Crippen LogP contribution is -2.57. The lowest BCUT2D eigenvalue weighted by Gasteiger charge is -2.29. The highest BCUT2D eigenvalue weighted by Crippen LogP contribution is 2.26. The summed E-state index contributed by atoms with van der Waals surface area (Å²) < 4.78 is 140. The normalized spacial score (nSPS) is 14.5. The highest BCUT2D eigenvalue weighted by atomic mass is 32.2. The number of carbonyl (C=O) groups excluding carboxylic acids is 9. The van der Waals surface area contributed by atoms with Crippen molar-refractivity contribution in [2.75, 3.05) is 93.9 Å². The van der Waals surface area contributed by atoms with Gasteiger partial charge in [0.05, 0.1) is 86.8 Å². The molecule has 0 aliphatic carbocycles. The SMILES string of the molecule is COc1cccc(S(=O)(=O)N(CC(=O)N[C@@H](C)C(N)=O)C[C@H](C)NC(=O)[C@H](CC(C)C)NC(=O)CN(C[C@H](C)NC(=O)[C@H](CCCCN)NC(=O)CN(C[C@H](C)NC(=O)[C@H](CO)NC(=O)CN(C[C@H](C)NC(=O)[C@@H](N)C(C)C)S(=O)(=O)c2cccc(OC)c2)S(=O)(=O)c2cccc(OC)c2)S(=O)(=O)c2cccc(OC)c2)c1.